The number of benzene rings is 1. The first kappa shape index (κ1) is 14.9. The molecule has 0 unspecified atom stereocenters. The highest BCUT2D eigenvalue weighted by Gasteiger charge is 2.12. The topological polar surface area (TPSA) is 52.6 Å². The van der Waals surface area contributed by atoms with Crippen LogP contribution in [0.25, 0.3) is 0 Å². The number of rotatable bonds is 6. The lowest BCUT2D eigenvalue weighted by Crippen LogP contribution is -2.06. The van der Waals surface area contributed by atoms with Crippen molar-refractivity contribution < 1.29 is 18.6 Å². The molecule has 1 heterocycles. The number of methoxy groups -OCH3 is 3. The molecule has 0 saturated carbocycles. The van der Waals surface area contributed by atoms with Crippen molar-refractivity contribution in [1.29, 1.82) is 0 Å². The van der Waals surface area contributed by atoms with E-state index in [0.717, 1.165) is 0 Å². The van der Waals surface area contributed by atoms with E-state index in [1.54, 1.807) is 32.5 Å². The number of hydrogen-bond acceptors (Lipinski definition) is 5. The summed E-state index contributed by atoms with van der Waals surface area (Å²) < 4.78 is 28.8. The molecule has 0 atom stereocenters. The van der Waals surface area contributed by atoms with E-state index in [0.29, 0.717) is 35.2 Å². The Morgan fingerprint density at radius 3 is 2.48 bits per heavy atom. The zero-order valence-electron chi connectivity index (χ0n) is 12.1. The van der Waals surface area contributed by atoms with Crippen molar-refractivity contribution in [3.63, 3.8) is 0 Å². The normalized spacial score (nSPS) is 10.1. The quantitative estimate of drug-likeness (QED) is 0.887. The first-order valence-corrected chi connectivity index (χ1v) is 6.33. The Morgan fingerprint density at radius 1 is 1.05 bits per heavy atom. The predicted molar refractivity (Wildman–Crippen MR) is 77.6 cm³/mol. The molecule has 0 aliphatic heterocycles. The Kier molecular flexibility index (Phi) is 4.81. The zero-order valence-corrected chi connectivity index (χ0v) is 12.1. The maximum absolute atomic E-state index is 13.2. The maximum atomic E-state index is 13.2. The van der Waals surface area contributed by atoms with E-state index in [1.165, 1.54) is 19.2 Å². The Hall–Kier alpha value is -2.50. The van der Waals surface area contributed by atoms with Crippen LogP contribution >= 0.6 is 0 Å². The lowest BCUT2D eigenvalue weighted by molar-refractivity contribution is 0.350. The molecule has 1 N–H and O–H groups in total. The highest BCUT2D eigenvalue weighted by molar-refractivity contribution is 5.57. The van der Waals surface area contributed by atoms with Gasteiger partial charge in [-0.05, 0) is 12.1 Å². The number of halogens is 1. The van der Waals surface area contributed by atoms with Crippen molar-refractivity contribution in [2.24, 2.45) is 0 Å². The van der Waals surface area contributed by atoms with Crippen LogP contribution < -0.4 is 19.5 Å². The Bertz CT molecular complexity index is 620. The molecule has 0 radical (unpaired) electrons. The van der Waals surface area contributed by atoms with Crippen molar-refractivity contribution in [3.8, 4) is 17.2 Å². The Morgan fingerprint density at radius 2 is 1.81 bits per heavy atom. The van der Waals surface area contributed by atoms with Crippen LogP contribution in [0.4, 0.5) is 10.1 Å². The van der Waals surface area contributed by atoms with Gasteiger partial charge in [-0.3, -0.25) is 4.98 Å². The van der Waals surface area contributed by atoms with E-state index >= 15 is 0 Å². The number of pyridine rings is 1. The molecule has 6 heteroatoms. The van der Waals surface area contributed by atoms with Crippen LogP contribution in [0.2, 0.25) is 0 Å². The average molecular weight is 292 g/mol. The fourth-order valence-electron chi connectivity index (χ4n) is 1.97. The predicted octanol–water partition coefficient (Wildman–Crippen LogP) is 2.86. The van der Waals surface area contributed by atoms with Gasteiger partial charge < -0.3 is 19.5 Å². The van der Waals surface area contributed by atoms with E-state index in [2.05, 4.69) is 10.3 Å². The van der Waals surface area contributed by atoms with Crippen LogP contribution in [0.3, 0.4) is 0 Å². The van der Waals surface area contributed by atoms with Gasteiger partial charge >= 0.3 is 0 Å². The number of aromatic nitrogens is 1. The van der Waals surface area contributed by atoms with Gasteiger partial charge in [0.25, 0.3) is 0 Å². The summed E-state index contributed by atoms with van der Waals surface area (Å²) >= 11 is 0. The SMILES string of the molecule is COc1cc(F)ccc1NCc1nccc(OC)c1OC. The van der Waals surface area contributed by atoms with Crippen LogP contribution in [0.1, 0.15) is 5.69 Å². The molecule has 0 aliphatic carbocycles. The van der Waals surface area contributed by atoms with Crippen molar-refractivity contribution in [3.05, 3.63) is 42.0 Å². The second-order valence-corrected chi connectivity index (χ2v) is 4.19. The number of nitrogens with zero attached hydrogens (tertiary/aromatic N) is 1. The molecule has 112 valence electrons. The summed E-state index contributed by atoms with van der Waals surface area (Å²) in [5, 5.41) is 3.14. The third-order valence-electron chi connectivity index (χ3n) is 2.98. The largest absolute Gasteiger partial charge is 0.494 e. The molecule has 0 saturated heterocycles. The molecule has 0 fully saturated rings. The van der Waals surface area contributed by atoms with E-state index < -0.39 is 0 Å². The Balaban J connectivity index is 2.20. The molecule has 1 aromatic carbocycles. The highest BCUT2D eigenvalue weighted by atomic mass is 19.1. The van der Waals surface area contributed by atoms with E-state index in [-0.39, 0.29) is 5.82 Å². The molecule has 1 aromatic heterocycles. The maximum Gasteiger partial charge on any atom is 0.184 e. The molecule has 0 spiro atoms. The minimum Gasteiger partial charge on any atom is -0.494 e. The van der Waals surface area contributed by atoms with Crippen LogP contribution in [0.15, 0.2) is 30.5 Å². The standard InChI is InChI=1S/C15H17FN2O3/c1-19-13-6-7-17-12(15(13)21-3)9-18-11-5-4-10(16)8-14(11)20-2/h4-8,18H,9H2,1-3H3. The van der Waals surface area contributed by atoms with Crippen LogP contribution in [0.5, 0.6) is 17.2 Å². The number of nitrogens with one attached hydrogen (secondary N) is 1. The molecule has 0 bridgehead atoms. The molecule has 2 aromatic rings. The van der Waals surface area contributed by atoms with Crippen molar-refractivity contribution in [2.75, 3.05) is 26.6 Å². The van der Waals surface area contributed by atoms with Gasteiger partial charge in [-0.25, -0.2) is 4.39 Å². The first-order chi connectivity index (χ1) is 10.2. The summed E-state index contributed by atoms with van der Waals surface area (Å²) in [4.78, 5) is 4.26. The summed E-state index contributed by atoms with van der Waals surface area (Å²) in [5.74, 6) is 1.25. The van der Waals surface area contributed by atoms with Crippen molar-refractivity contribution in [1.82, 2.24) is 4.98 Å². The number of hydrogen-bond donors (Lipinski definition) is 1. The fourth-order valence-corrected chi connectivity index (χ4v) is 1.97. The second-order valence-electron chi connectivity index (χ2n) is 4.19. The van der Waals surface area contributed by atoms with Crippen LogP contribution in [-0.2, 0) is 6.54 Å². The van der Waals surface area contributed by atoms with Gasteiger partial charge in [-0.2, -0.15) is 0 Å². The van der Waals surface area contributed by atoms with Gasteiger partial charge in [0.15, 0.2) is 11.5 Å². The van der Waals surface area contributed by atoms with E-state index in [4.69, 9.17) is 14.2 Å². The smallest absolute Gasteiger partial charge is 0.184 e. The number of ether oxygens (including phenoxy) is 3. The van der Waals surface area contributed by atoms with E-state index in [9.17, 15) is 4.39 Å². The molecule has 2 rings (SSSR count). The van der Waals surface area contributed by atoms with Crippen molar-refractivity contribution in [2.45, 2.75) is 6.54 Å². The lowest BCUT2D eigenvalue weighted by atomic mass is 10.2. The summed E-state index contributed by atoms with van der Waals surface area (Å²) in [6.07, 6.45) is 1.64. The third kappa shape index (κ3) is 3.34. The monoisotopic (exact) mass is 292 g/mol. The van der Waals surface area contributed by atoms with Crippen LogP contribution in [-0.4, -0.2) is 26.3 Å². The zero-order chi connectivity index (χ0) is 15.2. The van der Waals surface area contributed by atoms with Gasteiger partial charge in [-0.15, -0.1) is 0 Å². The van der Waals surface area contributed by atoms with Gasteiger partial charge in [-0.1, -0.05) is 0 Å². The molecular weight excluding hydrogens is 275 g/mol. The van der Waals surface area contributed by atoms with Gasteiger partial charge in [0.2, 0.25) is 0 Å². The molecule has 21 heavy (non-hydrogen) atoms. The summed E-state index contributed by atoms with van der Waals surface area (Å²) in [7, 11) is 4.61. The fraction of sp³-hybridized carbons (Fsp3) is 0.267. The minimum absolute atomic E-state index is 0.352. The highest BCUT2D eigenvalue weighted by Crippen LogP contribution is 2.31. The van der Waals surface area contributed by atoms with Gasteiger partial charge in [0.05, 0.1) is 33.6 Å². The van der Waals surface area contributed by atoms with Crippen LogP contribution in [0, 0.1) is 5.82 Å². The second kappa shape index (κ2) is 6.78. The molecule has 0 amide bonds. The summed E-state index contributed by atoms with van der Waals surface area (Å²) in [6, 6.07) is 6.02. The molecule has 5 nitrogen and oxygen atoms in total. The lowest BCUT2D eigenvalue weighted by Gasteiger charge is -2.14. The number of anilines is 1. The van der Waals surface area contributed by atoms with Crippen molar-refractivity contribution >= 4 is 5.69 Å². The van der Waals surface area contributed by atoms with Gasteiger partial charge in [0.1, 0.15) is 17.3 Å². The third-order valence-corrected chi connectivity index (χ3v) is 2.98. The Labute approximate surface area is 122 Å². The molecular formula is C15H17FN2O3. The van der Waals surface area contributed by atoms with Gasteiger partial charge in [0, 0.05) is 18.3 Å². The minimum atomic E-state index is -0.352. The summed E-state index contributed by atoms with van der Waals surface area (Å²) in [6.45, 7) is 0.391. The summed E-state index contributed by atoms with van der Waals surface area (Å²) in [5.41, 5.74) is 1.36. The first-order valence-electron chi connectivity index (χ1n) is 6.33. The van der Waals surface area contributed by atoms with E-state index in [1.807, 2.05) is 0 Å². The average Bonchev–Trinajstić information content (AvgIpc) is 2.52. The molecule has 0 aliphatic rings.